The van der Waals surface area contributed by atoms with Crippen molar-refractivity contribution in [3.63, 3.8) is 0 Å². The molecule has 2 fully saturated rings. The van der Waals surface area contributed by atoms with Crippen LogP contribution >= 0.6 is 0 Å². The van der Waals surface area contributed by atoms with Crippen molar-refractivity contribution in [3.8, 4) is 0 Å². The Kier molecular flexibility index (Phi) is 4.72. The molecule has 1 atom stereocenters. The number of hydrogen-bond acceptors (Lipinski definition) is 4. The lowest BCUT2D eigenvalue weighted by Gasteiger charge is -2.28. The zero-order chi connectivity index (χ0) is 13.0. The van der Waals surface area contributed by atoms with Gasteiger partial charge in [0, 0.05) is 19.5 Å². The molecule has 2 rings (SSSR count). The van der Waals surface area contributed by atoms with E-state index in [1.54, 1.807) is 0 Å². The molecule has 5 heteroatoms. The molecule has 0 radical (unpaired) electrons. The highest BCUT2D eigenvalue weighted by Gasteiger charge is 2.27. The average Bonchev–Trinajstić information content (AvgIpc) is 2.76. The molecule has 0 aromatic carbocycles. The molecule has 2 saturated heterocycles. The molecule has 2 aliphatic rings. The molecule has 0 aliphatic carbocycles. The molecule has 18 heavy (non-hydrogen) atoms. The van der Waals surface area contributed by atoms with Gasteiger partial charge in [0.05, 0.1) is 6.54 Å². The fourth-order valence-corrected chi connectivity index (χ4v) is 2.81. The summed E-state index contributed by atoms with van der Waals surface area (Å²) in [5, 5.41) is 3.38. The molecule has 0 aromatic heterocycles. The Morgan fingerprint density at radius 1 is 1.50 bits per heavy atom. The first-order valence-corrected chi connectivity index (χ1v) is 6.89. The minimum absolute atomic E-state index is 0.00673. The first-order chi connectivity index (χ1) is 8.66. The van der Waals surface area contributed by atoms with Crippen LogP contribution < -0.4 is 5.32 Å². The number of hydrogen-bond donors (Lipinski definition) is 1. The summed E-state index contributed by atoms with van der Waals surface area (Å²) in [5.74, 6) is 0.585. The number of rotatable bonds is 4. The molecule has 5 nitrogen and oxygen atoms in total. The topological polar surface area (TPSA) is 52.7 Å². The fraction of sp³-hybridized carbons (Fsp3) is 0.846. The maximum absolute atomic E-state index is 12.0. The second-order valence-electron chi connectivity index (χ2n) is 5.45. The standard InChI is InChI=1S/C13H23N3O2/c1-15(9-11-4-2-6-14-8-11)10-13(18)16-7-3-5-12(16)17/h11,14H,2-10H2,1H3. The quantitative estimate of drug-likeness (QED) is 0.770. The normalized spacial score (nSPS) is 24.9. The van der Waals surface area contributed by atoms with Crippen LogP contribution in [0.1, 0.15) is 25.7 Å². The fourth-order valence-electron chi connectivity index (χ4n) is 2.81. The van der Waals surface area contributed by atoms with E-state index in [0.29, 0.717) is 25.4 Å². The first kappa shape index (κ1) is 13.5. The summed E-state index contributed by atoms with van der Waals surface area (Å²) in [6.45, 7) is 4.06. The third-order valence-corrected chi connectivity index (χ3v) is 3.75. The van der Waals surface area contributed by atoms with Gasteiger partial charge in [-0.05, 0) is 45.3 Å². The van der Waals surface area contributed by atoms with Crippen molar-refractivity contribution in [2.75, 3.05) is 39.8 Å². The summed E-state index contributed by atoms with van der Waals surface area (Å²) < 4.78 is 0. The predicted octanol–water partition coefficient (Wildman–Crippen LogP) is 0.0668. The monoisotopic (exact) mass is 253 g/mol. The van der Waals surface area contributed by atoms with Crippen molar-refractivity contribution in [3.05, 3.63) is 0 Å². The Labute approximate surface area is 108 Å². The maximum Gasteiger partial charge on any atom is 0.243 e. The summed E-state index contributed by atoms with van der Waals surface area (Å²) >= 11 is 0. The average molecular weight is 253 g/mol. The number of imide groups is 1. The van der Waals surface area contributed by atoms with Gasteiger partial charge in [0.2, 0.25) is 11.8 Å². The van der Waals surface area contributed by atoms with E-state index in [-0.39, 0.29) is 11.8 Å². The third kappa shape index (κ3) is 3.53. The van der Waals surface area contributed by atoms with Crippen LogP contribution in [0.25, 0.3) is 0 Å². The van der Waals surface area contributed by atoms with E-state index in [1.165, 1.54) is 17.7 Å². The molecule has 2 heterocycles. The summed E-state index contributed by atoms with van der Waals surface area (Å²) in [7, 11) is 1.97. The summed E-state index contributed by atoms with van der Waals surface area (Å²) in [4.78, 5) is 26.9. The van der Waals surface area contributed by atoms with E-state index >= 15 is 0 Å². The van der Waals surface area contributed by atoms with E-state index < -0.39 is 0 Å². The summed E-state index contributed by atoms with van der Waals surface area (Å²) in [6.07, 6.45) is 3.80. The smallest absolute Gasteiger partial charge is 0.243 e. The van der Waals surface area contributed by atoms with Crippen LogP contribution in [0.2, 0.25) is 0 Å². The number of carbonyl (C=O) groups excluding carboxylic acids is 2. The van der Waals surface area contributed by atoms with Gasteiger partial charge in [0.15, 0.2) is 0 Å². The molecule has 0 saturated carbocycles. The Morgan fingerprint density at radius 2 is 2.33 bits per heavy atom. The van der Waals surface area contributed by atoms with Gasteiger partial charge in [-0.3, -0.25) is 19.4 Å². The zero-order valence-electron chi connectivity index (χ0n) is 11.2. The molecule has 102 valence electrons. The first-order valence-electron chi connectivity index (χ1n) is 6.89. The molecule has 1 unspecified atom stereocenters. The van der Waals surface area contributed by atoms with Crippen LogP contribution in [0, 0.1) is 5.92 Å². The van der Waals surface area contributed by atoms with Crippen molar-refractivity contribution >= 4 is 11.8 Å². The van der Waals surface area contributed by atoms with E-state index in [2.05, 4.69) is 5.32 Å². The number of amides is 2. The van der Waals surface area contributed by atoms with Gasteiger partial charge in [-0.15, -0.1) is 0 Å². The van der Waals surface area contributed by atoms with Crippen LogP contribution in [0.4, 0.5) is 0 Å². The van der Waals surface area contributed by atoms with Crippen LogP contribution in [-0.2, 0) is 9.59 Å². The highest BCUT2D eigenvalue weighted by molar-refractivity contribution is 5.97. The second kappa shape index (κ2) is 6.29. The maximum atomic E-state index is 12.0. The molecule has 1 N–H and O–H groups in total. The highest BCUT2D eigenvalue weighted by atomic mass is 16.2. The molecular weight excluding hydrogens is 230 g/mol. The van der Waals surface area contributed by atoms with Gasteiger partial charge in [-0.1, -0.05) is 0 Å². The van der Waals surface area contributed by atoms with Crippen molar-refractivity contribution < 1.29 is 9.59 Å². The Bertz CT molecular complexity index is 313. The SMILES string of the molecule is CN(CC(=O)N1CCCC1=O)CC1CCCNC1. The van der Waals surface area contributed by atoms with Crippen molar-refractivity contribution in [1.29, 1.82) is 0 Å². The van der Waals surface area contributed by atoms with Crippen molar-refractivity contribution in [2.24, 2.45) is 5.92 Å². The second-order valence-corrected chi connectivity index (χ2v) is 5.45. The highest BCUT2D eigenvalue weighted by Crippen LogP contribution is 2.13. The number of likely N-dealkylation sites (tertiary alicyclic amines) is 1. The lowest BCUT2D eigenvalue weighted by molar-refractivity contribution is -0.142. The van der Waals surface area contributed by atoms with E-state index in [4.69, 9.17) is 0 Å². The molecular formula is C13H23N3O2. The lowest BCUT2D eigenvalue weighted by Crippen LogP contribution is -2.43. The van der Waals surface area contributed by atoms with Crippen molar-refractivity contribution in [2.45, 2.75) is 25.7 Å². The molecule has 0 aromatic rings. The number of likely N-dealkylation sites (N-methyl/N-ethyl adjacent to an activating group) is 1. The minimum atomic E-state index is -0.0382. The van der Waals surface area contributed by atoms with Crippen LogP contribution in [-0.4, -0.2) is 61.4 Å². The van der Waals surface area contributed by atoms with Crippen LogP contribution in [0.15, 0.2) is 0 Å². The van der Waals surface area contributed by atoms with Crippen LogP contribution in [0.5, 0.6) is 0 Å². The summed E-state index contributed by atoms with van der Waals surface area (Å²) in [5.41, 5.74) is 0. The summed E-state index contributed by atoms with van der Waals surface area (Å²) in [6, 6.07) is 0. The molecule has 0 spiro atoms. The zero-order valence-corrected chi connectivity index (χ0v) is 11.2. The Balaban J connectivity index is 1.74. The molecule has 0 bridgehead atoms. The Hall–Kier alpha value is -0.940. The minimum Gasteiger partial charge on any atom is -0.316 e. The number of nitrogens with zero attached hydrogens (tertiary/aromatic N) is 2. The van der Waals surface area contributed by atoms with E-state index in [0.717, 1.165) is 26.1 Å². The molecule has 2 aliphatic heterocycles. The number of carbonyl (C=O) groups is 2. The van der Waals surface area contributed by atoms with Crippen molar-refractivity contribution in [1.82, 2.24) is 15.1 Å². The van der Waals surface area contributed by atoms with Gasteiger partial charge in [-0.2, -0.15) is 0 Å². The van der Waals surface area contributed by atoms with Gasteiger partial charge in [0.1, 0.15) is 0 Å². The number of piperidine rings is 1. The van der Waals surface area contributed by atoms with E-state index in [9.17, 15) is 9.59 Å². The molecule has 2 amide bonds. The van der Waals surface area contributed by atoms with E-state index in [1.807, 2.05) is 11.9 Å². The van der Waals surface area contributed by atoms with Crippen LogP contribution in [0.3, 0.4) is 0 Å². The van der Waals surface area contributed by atoms with Gasteiger partial charge in [0.25, 0.3) is 0 Å². The lowest BCUT2D eigenvalue weighted by atomic mass is 9.99. The largest absolute Gasteiger partial charge is 0.316 e. The van der Waals surface area contributed by atoms with Gasteiger partial charge >= 0.3 is 0 Å². The predicted molar refractivity (Wildman–Crippen MR) is 69.0 cm³/mol. The Morgan fingerprint density at radius 3 is 2.94 bits per heavy atom. The number of nitrogens with one attached hydrogen (secondary N) is 1. The van der Waals surface area contributed by atoms with Gasteiger partial charge < -0.3 is 5.32 Å². The third-order valence-electron chi connectivity index (χ3n) is 3.75. The van der Waals surface area contributed by atoms with Gasteiger partial charge in [-0.25, -0.2) is 0 Å².